The summed E-state index contributed by atoms with van der Waals surface area (Å²) in [4.78, 5) is 9.71. The van der Waals surface area contributed by atoms with E-state index in [0.29, 0.717) is 6.61 Å². The molecule has 0 amide bonds. The largest absolute Gasteiger partial charge is 0.494 e. The Morgan fingerprint density at radius 3 is 2.69 bits per heavy atom. The van der Waals surface area contributed by atoms with Crippen molar-refractivity contribution >= 4 is 40.7 Å². The van der Waals surface area contributed by atoms with Crippen LogP contribution in [0.25, 0.3) is 10.8 Å². The predicted octanol–water partition coefficient (Wildman–Crippen LogP) is 3.81. The van der Waals surface area contributed by atoms with Crippen LogP contribution < -0.4 is 15.4 Å². The molecule has 0 atom stereocenters. The molecule has 0 spiro atoms. The molecule has 2 aromatic rings. The molecule has 3 rings (SSSR count). The van der Waals surface area contributed by atoms with Crippen LogP contribution in [0, 0.1) is 0 Å². The van der Waals surface area contributed by atoms with Gasteiger partial charge in [-0.1, -0.05) is 30.3 Å². The van der Waals surface area contributed by atoms with Crippen molar-refractivity contribution in [2.75, 3.05) is 66.0 Å². The summed E-state index contributed by atoms with van der Waals surface area (Å²) in [7, 11) is 2.22. The maximum atomic E-state index is 5.92. The van der Waals surface area contributed by atoms with Crippen LogP contribution in [0.5, 0.6) is 5.75 Å². The number of aliphatic imine (C=N–C) groups is 1. The van der Waals surface area contributed by atoms with E-state index in [1.807, 2.05) is 6.07 Å². The van der Waals surface area contributed by atoms with Gasteiger partial charge in [-0.05, 0) is 69.4 Å². The first-order chi connectivity index (χ1) is 15.2. The fraction of sp³-hybridized carbons (Fsp3) is 0.560. The monoisotopic (exact) mass is 553 g/mol. The van der Waals surface area contributed by atoms with Crippen LogP contribution in [-0.2, 0) is 0 Å². The van der Waals surface area contributed by atoms with Gasteiger partial charge in [0, 0.05) is 39.1 Å². The lowest BCUT2D eigenvalue weighted by atomic mass is 10.1. The van der Waals surface area contributed by atoms with E-state index in [1.54, 1.807) is 0 Å². The van der Waals surface area contributed by atoms with E-state index in [0.717, 1.165) is 50.7 Å². The number of hydrogen-bond acceptors (Lipinski definition) is 4. The highest BCUT2D eigenvalue weighted by atomic mass is 127. The molecule has 0 aromatic heterocycles. The topological polar surface area (TPSA) is 52.1 Å². The lowest BCUT2D eigenvalue weighted by molar-refractivity contribution is 0.274. The number of ether oxygens (including phenoxy) is 1. The van der Waals surface area contributed by atoms with Gasteiger partial charge in [0.25, 0.3) is 0 Å². The smallest absolute Gasteiger partial charge is 0.191 e. The van der Waals surface area contributed by atoms with E-state index in [1.165, 1.54) is 43.4 Å². The Morgan fingerprint density at radius 1 is 1.00 bits per heavy atom. The molecule has 0 bridgehead atoms. The van der Waals surface area contributed by atoms with E-state index in [-0.39, 0.29) is 24.0 Å². The molecular formula is C25H40IN5O. The normalized spacial score (nSPS) is 15.8. The highest BCUT2D eigenvalue weighted by Crippen LogP contribution is 2.20. The number of guanidine groups is 1. The van der Waals surface area contributed by atoms with Gasteiger partial charge in [0.15, 0.2) is 5.96 Å². The summed E-state index contributed by atoms with van der Waals surface area (Å²) in [6.45, 7) is 11.3. The van der Waals surface area contributed by atoms with Gasteiger partial charge >= 0.3 is 0 Å². The third-order valence-corrected chi connectivity index (χ3v) is 5.66. The molecule has 0 radical (unpaired) electrons. The minimum Gasteiger partial charge on any atom is -0.494 e. The second-order valence-corrected chi connectivity index (χ2v) is 8.25. The summed E-state index contributed by atoms with van der Waals surface area (Å²) in [5.41, 5.74) is 0. The SMILES string of the molecule is CCNC(=NCCCOc1ccc2ccccc2c1)NCCCN1CCCN(C)CC1.I. The average Bonchev–Trinajstić information content (AvgIpc) is 3.00. The Bertz CT molecular complexity index is 816. The highest BCUT2D eigenvalue weighted by Gasteiger charge is 2.11. The Morgan fingerprint density at radius 2 is 1.84 bits per heavy atom. The number of nitrogens with zero attached hydrogens (tertiary/aromatic N) is 3. The Labute approximate surface area is 210 Å². The fourth-order valence-electron chi connectivity index (χ4n) is 3.88. The van der Waals surface area contributed by atoms with Gasteiger partial charge < -0.3 is 25.2 Å². The first kappa shape index (κ1) is 26.7. The quantitative estimate of drug-likeness (QED) is 0.203. The van der Waals surface area contributed by atoms with Gasteiger partial charge in [-0.25, -0.2) is 0 Å². The molecule has 7 heteroatoms. The molecule has 178 valence electrons. The molecule has 0 saturated carbocycles. The zero-order chi connectivity index (χ0) is 21.7. The standard InChI is InChI=1S/C25H39N5O.HI/c1-3-26-25(27-13-6-16-30-17-8-15-29(2)18-19-30)28-14-7-20-31-24-12-11-22-9-4-5-10-23(22)21-24;/h4-5,9-12,21H,3,6-8,13-20H2,1-2H3,(H2,26,27,28);1H. The molecule has 1 fully saturated rings. The minimum atomic E-state index is 0. The Balaban J connectivity index is 0.00000363. The van der Waals surface area contributed by atoms with E-state index in [2.05, 4.69) is 70.8 Å². The molecule has 1 aliphatic rings. The highest BCUT2D eigenvalue weighted by molar-refractivity contribution is 14.0. The minimum absolute atomic E-state index is 0. The molecule has 1 aliphatic heterocycles. The van der Waals surface area contributed by atoms with Crippen LogP contribution in [0.4, 0.5) is 0 Å². The predicted molar refractivity (Wildman–Crippen MR) is 147 cm³/mol. The second kappa shape index (κ2) is 15.3. The van der Waals surface area contributed by atoms with Crippen LogP contribution in [0.15, 0.2) is 47.5 Å². The lowest BCUT2D eigenvalue weighted by Crippen LogP contribution is -2.39. The van der Waals surface area contributed by atoms with Gasteiger partial charge in [-0.15, -0.1) is 24.0 Å². The summed E-state index contributed by atoms with van der Waals surface area (Å²) in [5, 5.41) is 9.27. The van der Waals surface area contributed by atoms with Crippen molar-refractivity contribution in [1.82, 2.24) is 20.4 Å². The van der Waals surface area contributed by atoms with Crippen LogP contribution >= 0.6 is 24.0 Å². The first-order valence-electron chi connectivity index (χ1n) is 11.8. The number of rotatable bonds is 10. The van der Waals surface area contributed by atoms with Crippen molar-refractivity contribution in [3.63, 3.8) is 0 Å². The van der Waals surface area contributed by atoms with E-state index in [9.17, 15) is 0 Å². The Hall–Kier alpha value is -1.58. The molecule has 1 saturated heterocycles. The third kappa shape index (κ3) is 9.50. The third-order valence-electron chi connectivity index (χ3n) is 5.66. The van der Waals surface area contributed by atoms with Gasteiger partial charge in [0.2, 0.25) is 0 Å². The molecule has 32 heavy (non-hydrogen) atoms. The molecule has 1 heterocycles. The maximum absolute atomic E-state index is 5.92. The van der Waals surface area contributed by atoms with Crippen LogP contribution in [-0.4, -0.2) is 81.8 Å². The van der Waals surface area contributed by atoms with E-state index in [4.69, 9.17) is 9.73 Å². The second-order valence-electron chi connectivity index (χ2n) is 8.25. The molecule has 2 N–H and O–H groups in total. The van der Waals surface area contributed by atoms with Crippen molar-refractivity contribution in [1.29, 1.82) is 0 Å². The van der Waals surface area contributed by atoms with Crippen LogP contribution in [0.3, 0.4) is 0 Å². The van der Waals surface area contributed by atoms with Crippen molar-refractivity contribution in [3.8, 4) is 5.75 Å². The fourth-order valence-corrected chi connectivity index (χ4v) is 3.88. The van der Waals surface area contributed by atoms with Crippen molar-refractivity contribution in [3.05, 3.63) is 42.5 Å². The summed E-state index contributed by atoms with van der Waals surface area (Å²) in [5.74, 6) is 1.83. The van der Waals surface area contributed by atoms with Gasteiger partial charge in [-0.2, -0.15) is 0 Å². The summed E-state index contributed by atoms with van der Waals surface area (Å²) in [6, 6.07) is 14.6. The van der Waals surface area contributed by atoms with E-state index < -0.39 is 0 Å². The zero-order valence-corrected chi connectivity index (χ0v) is 22.0. The van der Waals surface area contributed by atoms with Crippen molar-refractivity contribution < 1.29 is 4.74 Å². The number of halogens is 1. The van der Waals surface area contributed by atoms with Crippen molar-refractivity contribution in [2.45, 2.75) is 26.2 Å². The van der Waals surface area contributed by atoms with Crippen LogP contribution in [0.2, 0.25) is 0 Å². The molecule has 6 nitrogen and oxygen atoms in total. The Kier molecular flexibility index (Phi) is 12.7. The first-order valence-corrected chi connectivity index (χ1v) is 11.8. The molecule has 0 unspecified atom stereocenters. The van der Waals surface area contributed by atoms with Crippen molar-refractivity contribution in [2.24, 2.45) is 4.99 Å². The lowest BCUT2D eigenvalue weighted by Gasteiger charge is -2.20. The number of fused-ring (bicyclic) bond motifs is 1. The molecule has 0 aliphatic carbocycles. The van der Waals surface area contributed by atoms with Gasteiger partial charge in [0.1, 0.15) is 5.75 Å². The average molecular weight is 554 g/mol. The van der Waals surface area contributed by atoms with Gasteiger partial charge in [0.05, 0.1) is 6.61 Å². The van der Waals surface area contributed by atoms with E-state index >= 15 is 0 Å². The van der Waals surface area contributed by atoms with Gasteiger partial charge in [-0.3, -0.25) is 4.99 Å². The summed E-state index contributed by atoms with van der Waals surface area (Å²) < 4.78 is 5.92. The molecular weight excluding hydrogens is 513 g/mol. The maximum Gasteiger partial charge on any atom is 0.191 e. The zero-order valence-electron chi connectivity index (χ0n) is 19.7. The summed E-state index contributed by atoms with van der Waals surface area (Å²) >= 11 is 0. The molecule has 2 aromatic carbocycles. The number of benzene rings is 2. The van der Waals surface area contributed by atoms with Crippen LogP contribution in [0.1, 0.15) is 26.2 Å². The number of hydrogen-bond donors (Lipinski definition) is 2. The number of nitrogens with one attached hydrogen (secondary N) is 2. The number of likely N-dealkylation sites (N-methyl/N-ethyl adjacent to an activating group) is 1. The summed E-state index contributed by atoms with van der Waals surface area (Å²) in [6.07, 6.45) is 3.30.